The summed E-state index contributed by atoms with van der Waals surface area (Å²) in [6.45, 7) is -0.770. The van der Waals surface area contributed by atoms with Crippen LogP contribution in [0, 0.1) is 0 Å². The summed E-state index contributed by atoms with van der Waals surface area (Å²) in [5.41, 5.74) is -0.238. The quantitative estimate of drug-likeness (QED) is 0.568. The van der Waals surface area contributed by atoms with Gasteiger partial charge in [0, 0.05) is 5.56 Å². The topological polar surface area (TPSA) is 104 Å². The van der Waals surface area contributed by atoms with E-state index in [-0.39, 0.29) is 23.9 Å². The molecule has 0 unspecified atom stereocenters. The Morgan fingerprint density at radius 1 is 1.10 bits per heavy atom. The molecule has 0 aliphatic carbocycles. The summed E-state index contributed by atoms with van der Waals surface area (Å²) in [6.07, 6.45) is -4.45. The number of alkyl halides is 3. The Kier molecular flexibility index (Phi) is 6.53. The Morgan fingerprint density at radius 3 is 2.48 bits per heavy atom. The molecule has 1 N–H and O–H groups in total. The van der Waals surface area contributed by atoms with E-state index in [4.69, 9.17) is 14.0 Å². The number of amides is 1. The maximum Gasteiger partial charge on any atom is 0.416 e. The first kappa shape index (κ1) is 21.8. The number of rotatable bonds is 7. The van der Waals surface area contributed by atoms with Gasteiger partial charge in [-0.2, -0.15) is 18.2 Å². The predicted octanol–water partition coefficient (Wildman–Crippen LogP) is 3.24. The van der Waals surface area contributed by atoms with Gasteiger partial charge in [0.2, 0.25) is 5.82 Å². The minimum Gasteiger partial charge on any atom is -0.496 e. The van der Waals surface area contributed by atoms with Gasteiger partial charge in [0.1, 0.15) is 12.3 Å². The number of aromatic nitrogens is 2. The van der Waals surface area contributed by atoms with Crippen molar-refractivity contribution in [3.8, 4) is 17.1 Å². The number of nitrogens with zero attached hydrogens (tertiary/aromatic N) is 2. The molecule has 1 aromatic heterocycles. The fourth-order valence-electron chi connectivity index (χ4n) is 2.51. The van der Waals surface area contributed by atoms with Crippen LogP contribution in [0.5, 0.6) is 5.75 Å². The number of nitrogens with one attached hydrogen (secondary N) is 1. The van der Waals surface area contributed by atoms with Gasteiger partial charge in [0.05, 0.1) is 18.2 Å². The third kappa shape index (κ3) is 5.59. The van der Waals surface area contributed by atoms with Gasteiger partial charge in [-0.1, -0.05) is 29.4 Å². The summed E-state index contributed by atoms with van der Waals surface area (Å²) in [4.78, 5) is 28.0. The number of esters is 1. The van der Waals surface area contributed by atoms with Crippen LogP contribution in [0.3, 0.4) is 0 Å². The van der Waals surface area contributed by atoms with Gasteiger partial charge in [-0.15, -0.1) is 0 Å². The average molecular weight is 435 g/mol. The molecule has 1 amide bonds. The summed E-state index contributed by atoms with van der Waals surface area (Å²) in [6, 6.07) is 10.7. The van der Waals surface area contributed by atoms with Gasteiger partial charge in [0.15, 0.2) is 6.61 Å². The number of hydrogen-bond donors (Lipinski definition) is 1. The second-order valence-corrected chi connectivity index (χ2v) is 6.13. The highest BCUT2D eigenvalue weighted by molar-refractivity contribution is 5.98. The Balaban J connectivity index is 1.51. The Hall–Kier alpha value is -3.89. The van der Waals surface area contributed by atoms with Crippen LogP contribution < -0.4 is 10.1 Å². The zero-order chi connectivity index (χ0) is 22.4. The standard InChI is InChI=1S/C20H16F3N3O5/c1-29-15-5-3-2-4-14(15)19(28)24-10-17(27)30-11-16-25-18(26-31-16)12-6-8-13(9-7-12)20(21,22)23/h2-9H,10-11H2,1H3,(H,24,28). The van der Waals surface area contributed by atoms with E-state index in [0.717, 1.165) is 12.1 Å². The van der Waals surface area contributed by atoms with E-state index in [0.29, 0.717) is 11.3 Å². The van der Waals surface area contributed by atoms with Crippen LogP contribution in [-0.4, -0.2) is 35.7 Å². The maximum absolute atomic E-state index is 12.6. The molecule has 0 radical (unpaired) electrons. The first-order valence-electron chi connectivity index (χ1n) is 8.85. The highest BCUT2D eigenvalue weighted by Gasteiger charge is 2.30. The highest BCUT2D eigenvalue weighted by atomic mass is 19.4. The largest absolute Gasteiger partial charge is 0.496 e. The lowest BCUT2D eigenvalue weighted by molar-refractivity contribution is -0.144. The number of para-hydroxylation sites is 1. The fourth-order valence-corrected chi connectivity index (χ4v) is 2.51. The molecule has 3 rings (SSSR count). The number of carbonyl (C=O) groups excluding carboxylic acids is 2. The van der Waals surface area contributed by atoms with Crippen molar-refractivity contribution in [2.75, 3.05) is 13.7 Å². The molecule has 0 spiro atoms. The lowest BCUT2D eigenvalue weighted by atomic mass is 10.1. The molecule has 0 aliphatic heterocycles. The maximum atomic E-state index is 12.6. The van der Waals surface area contributed by atoms with Gasteiger partial charge in [0.25, 0.3) is 11.8 Å². The predicted molar refractivity (Wildman–Crippen MR) is 99.9 cm³/mol. The normalized spacial score (nSPS) is 11.1. The van der Waals surface area contributed by atoms with E-state index < -0.39 is 30.2 Å². The summed E-state index contributed by atoms with van der Waals surface area (Å²) in [5, 5.41) is 6.05. The van der Waals surface area contributed by atoms with Crippen molar-refractivity contribution in [1.29, 1.82) is 0 Å². The molecule has 162 valence electrons. The third-order valence-electron chi connectivity index (χ3n) is 4.04. The number of ether oxygens (including phenoxy) is 2. The molecule has 8 nitrogen and oxygen atoms in total. The molecule has 31 heavy (non-hydrogen) atoms. The fraction of sp³-hybridized carbons (Fsp3) is 0.200. The van der Waals surface area contributed by atoms with Crippen molar-refractivity contribution in [3.05, 3.63) is 65.5 Å². The van der Waals surface area contributed by atoms with Gasteiger partial charge in [-0.3, -0.25) is 9.59 Å². The van der Waals surface area contributed by atoms with E-state index in [1.807, 2.05) is 0 Å². The number of hydrogen-bond acceptors (Lipinski definition) is 7. The first-order valence-corrected chi connectivity index (χ1v) is 8.85. The lowest BCUT2D eigenvalue weighted by Crippen LogP contribution is -2.30. The van der Waals surface area contributed by atoms with Crippen LogP contribution in [0.1, 0.15) is 21.8 Å². The van der Waals surface area contributed by atoms with Crippen LogP contribution in [0.25, 0.3) is 11.4 Å². The van der Waals surface area contributed by atoms with E-state index in [1.165, 1.54) is 19.2 Å². The molecule has 0 bridgehead atoms. The summed E-state index contributed by atoms with van der Waals surface area (Å²) in [5.74, 6) is -0.923. The number of halogens is 3. The van der Waals surface area contributed by atoms with Gasteiger partial charge in [-0.05, 0) is 24.3 Å². The summed E-state index contributed by atoms with van der Waals surface area (Å²) in [7, 11) is 1.42. The van der Waals surface area contributed by atoms with Gasteiger partial charge < -0.3 is 19.3 Å². The van der Waals surface area contributed by atoms with Crippen molar-refractivity contribution in [2.24, 2.45) is 0 Å². The molecule has 2 aromatic carbocycles. The molecule has 0 fully saturated rings. The van der Waals surface area contributed by atoms with Crippen LogP contribution in [0.15, 0.2) is 53.1 Å². The van der Waals surface area contributed by atoms with Crippen molar-refractivity contribution in [1.82, 2.24) is 15.5 Å². The Labute approximate surface area is 174 Å². The van der Waals surface area contributed by atoms with Crippen LogP contribution in [-0.2, 0) is 22.3 Å². The zero-order valence-corrected chi connectivity index (χ0v) is 16.1. The molecular weight excluding hydrogens is 419 g/mol. The molecule has 11 heteroatoms. The number of methoxy groups -OCH3 is 1. The van der Waals surface area contributed by atoms with Crippen LogP contribution >= 0.6 is 0 Å². The third-order valence-corrected chi connectivity index (χ3v) is 4.04. The molecule has 0 atom stereocenters. The molecule has 0 saturated heterocycles. The average Bonchev–Trinajstić information content (AvgIpc) is 3.24. The van der Waals surface area contributed by atoms with E-state index in [9.17, 15) is 22.8 Å². The van der Waals surface area contributed by atoms with Crippen LogP contribution in [0.4, 0.5) is 13.2 Å². The number of carbonyl (C=O) groups is 2. The van der Waals surface area contributed by atoms with Gasteiger partial charge in [-0.25, -0.2) is 0 Å². The first-order chi connectivity index (χ1) is 14.8. The van der Waals surface area contributed by atoms with Crippen molar-refractivity contribution in [3.63, 3.8) is 0 Å². The van der Waals surface area contributed by atoms with Crippen molar-refractivity contribution in [2.45, 2.75) is 12.8 Å². The monoisotopic (exact) mass is 435 g/mol. The van der Waals surface area contributed by atoms with E-state index in [1.54, 1.807) is 24.3 Å². The minimum absolute atomic E-state index is 0.0456. The molecular formula is C20H16F3N3O5. The Morgan fingerprint density at radius 2 is 1.81 bits per heavy atom. The molecule has 0 aliphatic rings. The van der Waals surface area contributed by atoms with Crippen molar-refractivity contribution >= 4 is 11.9 Å². The number of benzene rings is 2. The second kappa shape index (κ2) is 9.28. The molecule has 3 aromatic rings. The second-order valence-electron chi connectivity index (χ2n) is 6.13. The molecule has 1 heterocycles. The lowest BCUT2D eigenvalue weighted by Gasteiger charge is -2.08. The SMILES string of the molecule is COc1ccccc1C(=O)NCC(=O)OCc1nc(-c2ccc(C(F)(F)F)cc2)no1. The molecule has 0 saturated carbocycles. The van der Waals surface area contributed by atoms with Crippen molar-refractivity contribution < 1.29 is 36.8 Å². The van der Waals surface area contributed by atoms with Crippen LogP contribution in [0.2, 0.25) is 0 Å². The van der Waals surface area contributed by atoms with E-state index >= 15 is 0 Å². The minimum atomic E-state index is -4.45. The van der Waals surface area contributed by atoms with Gasteiger partial charge >= 0.3 is 12.1 Å². The van der Waals surface area contributed by atoms with E-state index in [2.05, 4.69) is 15.5 Å². The Bertz CT molecular complexity index is 1060. The summed E-state index contributed by atoms with van der Waals surface area (Å²) < 4.78 is 52.8. The highest BCUT2D eigenvalue weighted by Crippen LogP contribution is 2.30. The summed E-state index contributed by atoms with van der Waals surface area (Å²) >= 11 is 0. The zero-order valence-electron chi connectivity index (χ0n) is 16.1. The smallest absolute Gasteiger partial charge is 0.416 e.